The van der Waals surface area contributed by atoms with Crippen molar-refractivity contribution in [2.45, 2.75) is 40.0 Å². The van der Waals surface area contributed by atoms with Crippen LogP contribution in [0.15, 0.2) is 0 Å². The van der Waals surface area contributed by atoms with E-state index in [-0.39, 0.29) is 5.92 Å². The number of carbonyl (C=O) groups is 1. The molecule has 1 atom stereocenters. The first kappa shape index (κ1) is 13.5. The number of rotatable bonds is 5. The van der Waals surface area contributed by atoms with Crippen LogP contribution in [0.5, 0.6) is 0 Å². The van der Waals surface area contributed by atoms with Crippen LogP contribution >= 0.6 is 0 Å². The number of piperazine rings is 1. The van der Waals surface area contributed by atoms with E-state index < -0.39 is 0 Å². The van der Waals surface area contributed by atoms with Crippen molar-refractivity contribution in [3.8, 4) is 0 Å². The van der Waals surface area contributed by atoms with Crippen LogP contribution in [0.25, 0.3) is 0 Å². The Labute approximate surface area is 99.8 Å². The summed E-state index contributed by atoms with van der Waals surface area (Å²) in [5.74, 6) is 0.651. The third kappa shape index (κ3) is 3.48. The molecule has 0 N–H and O–H groups in total. The molecular formula is C13H26N2O. The first-order valence-electron chi connectivity index (χ1n) is 6.74. The predicted molar refractivity (Wildman–Crippen MR) is 67.4 cm³/mol. The summed E-state index contributed by atoms with van der Waals surface area (Å²) in [4.78, 5) is 16.7. The molecule has 1 unspecified atom stereocenters. The van der Waals surface area contributed by atoms with Crippen LogP contribution in [0, 0.1) is 5.92 Å². The average Bonchev–Trinajstić information content (AvgIpc) is 2.35. The molecule has 0 saturated carbocycles. The van der Waals surface area contributed by atoms with Crippen molar-refractivity contribution in [1.29, 1.82) is 0 Å². The predicted octanol–water partition coefficient (Wildman–Crippen LogP) is 1.98. The molecule has 1 fully saturated rings. The minimum Gasteiger partial charge on any atom is -0.340 e. The van der Waals surface area contributed by atoms with Crippen molar-refractivity contribution in [2.24, 2.45) is 5.92 Å². The Morgan fingerprint density at radius 3 is 2.19 bits per heavy atom. The van der Waals surface area contributed by atoms with Crippen molar-refractivity contribution >= 4 is 5.91 Å². The van der Waals surface area contributed by atoms with Gasteiger partial charge in [-0.1, -0.05) is 27.2 Å². The summed E-state index contributed by atoms with van der Waals surface area (Å²) in [7, 11) is 0. The Morgan fingerprint density at radius 2 is 1.75 bits per heavy atom. The number of likely N-dealkylation sites (N-methyl/N-ethyl adjacent to an activating group) is 1. The van der Waals surface area contributed by atoms with E-state index in [1.807, 2.05) is 0 Å². The second-order valence-corrected chi connectivity index (χ2v) is 4.65. The molecule has 1 aliphatic heterocycles. The lowest BCUT2D eigenvalue weighted by Crippen LogP contribution is -2.50. The highest BCUT2D eigenvalue weighted by atomic mass is 16.2. The van der Waals surface area contributed by atoms with Gasteiger partial charge in [0.2, 0.25) is 5.91 Å². The molecule has 1 aliphatic rings. The molecule has 1 amide bonds. The maximum absolute atomic E-state index is 12.2. The molecule has 1 saturated heterocycles. The average molecular weight is 226 g/mol. The van der Waals surface area contributed by atoms with Crippen LogP contribution in [0.2, 0.25) is 0 Å². The molecule has 94 valence electrons. The molecule has 1 rings (SSSR count). The SMILES string of the molecule is CCCC(CC)C(=O)N1CCN(CC)CC1. The topological polar surface area (TPSA) is 23.6 Å². The standard InChI is InChI=1S/C13H26N2O/c1-4-7-12(5-2)13(16)15-10-8-14(6-3)9-11-15/h12H,4-11H2,1-3H3. The quantitative estimate of drug-likeness (QED) is 0.715. The van der Waals surface area contributed by atoms with E-state index in [1.54, 1.807) is 0 Å². The maximum atomic E-state index is 12.2. The lowest BCUT2D eigenvalue weighted by atomic mass is 9.99. The van der Waals surface area contributed by atoms with Gasteiger partial charge in [-0.2, -0.15) is 0 Å². The first-order valence-corrected chi connectivity index (χ1v) is 6.74. The lowest BCUT2D eigenvalue weighted by Gasteiger charge is -2.35. The highest BCUT2D eigenvalue weighted by Gasteiger charge is 2.25. The van der Waals surface area contributed by atoms with Crippen LogP contribution in [0.1, 0.15) is 40.0 Å². The van der Waals surface area contributed by atoms with E-state index >= 15 is 0 Å². The summed E-state index contributed by atoms with van der Waals surface area (Å²) < 4.78 is 0. The van der Waals surface area contributed by atoms with Gasteiger partial charge in [0.1, 0.15) is 0 Å². The van der Waals surface area contributed by atoms with Crippen LogP contribution in [-0.2, 0) is 4.79 Å². The second-order valence-electron chi connectivity index (χ2n) is 4.65. The van der Waals surface area contributed by atoms with Crippen LogP contribution in [0.4, 0.5) is 0 Å². The molecule has 0 spiro atoms. The Kier molecular flexibility index (Phi) is 5.81. The fourth-order valence-corrected chi connectivity index (χ4v) is 2.39. The Morgan fingerprint density at radius 1 is 1.12 bits per heavy atom. The van der Waals surface area contributed by atoms with E-state index in [4.69, 9.17) is 0 Å². The van der Waals surface area contributed by atoms with E-state index in [0.29, 0.717) is 5.91 Å². The molecular weight excluding hydrogens is 200 g/mol. The van der Waals surface area contributed by atoms with E-state index in [9.17, 15) is 4.79 Å². The smallest absolute Gasteiger partial charge is 0.225 e. The van der Waals surface area contributed by atoms with Gasteiger partial charge < -0.3 is 9.80 Å². The van der Waals surface area contributed by atoms with Crippen LogP contribution < -0.4 is 0 Å². The monoisotopic (exact) mass is 226 g/mol. The van der Waals surface area contributed by atoms with Crippen molar-refractivity contribution < 1.29 is 4.79 Å². The minimum absolute atomic E-state index is 0.262. The molecule has 0 aromatic heterocycles. The van der Waals surface area contributed by atoms with E-state index in [0.717, 1.165) is 52.0 Å². The van der Waals surface area contributed by atoms with Crippen molar-refractivity contribution in [3.05, 3.63) is 0 Å². The number of amides is 1. The summed E-state index contributed by atoms with van der Waals surface area (Å²) in [5, 5.41) is 0. The van der Waals surface area contributed by atoms with Gasteiger partial charge in [-0.25, -0.2) is 0 Å². The molecule has 0 aromatic rings. The number of carbonyl (C=O) groups excluding carboxylic acids is 1. The third-order valence-electron chi connectivity index (χ3n) is 3.61. The Hall–Kier alpha value is -0.570. The second kappa shape index (κ2) is 6.89. The summed E-state index contributed by atoms with van der Waals surface area (Å²) in [6.45, 7) is 11.5. The van der Waals surface area contributed by atoms with Crippen molar-refractivity contribution in [1.82, 2.24) is 9.80 Å². The van der Waals surface area contributed by atoms with Gasteiger partial charge in [0, 0.05) is 32.1 Å². The normalized spacial score (nSPS) is 19.8. The Bertz CT molecular complexity index is 210. The Balaban J connectivity index is 2.42. The summed E-state index contributed by atoms with van der Waals surface area (Å²) in [6.07, 6.45) is 3.14. The number of hydrogen-bond donors (Lipinski definition) is 0. The highest BCUT2D eigenvalue weighted by Crippen LogP contribution is 2.15. The van der Waals surface area contributed by atoms with Gasteiger partial charge >= 0.3 is 0 Å². The first-order chi connectivity index (χ1) is 7.72. The highest BCUT2D eigenvalue weighted by molar-refractivity contribution is 5.78. The van der Waals surface area contributed by atoms with E-state index in [2.05, 4.69) is 30.6 Å². The molecule has 0 radical (unpaired) electrons. The summed E-state index contributed by atoms with van der Waals surface area (Å²) in [5.41, 5.74) is 0. The van der Waals surface area contributed by atoms with Gasteiger partial charge in [-0.05, 0) is 19.4 Å². The van der Waals surface area contributed by atoms with Gasteiger partial charge in [0.25, 0.3) is 0 Å². The molecule has 3 nitrogen and oxygen atoms in total. The fourth-order valence-electron chi connectivity index (χ4n) is 2.39. The van der Waals surface area contributed by atoms with Crippen LogP contribution in [-0.4, -0.2) is 48.4 Å². The molecule has 0 aliphatic carbocycles. The molecule has 1 heterocycles. The zero-order valence-electron chi connectivity index (χ0n) is 11.0. The third-order valence-corrected chi connectivity index (χ3v) is 3.61. The minimum atomic E-state index is 0.262. The van der Waals surface area contributed by atoms with E-state index in [1.165, 1.54) is 0 Å². The fraction of sp³-hybridized carbons (Fsp3) is 0.923. The van der Waals surface area contributed by atoms with Crippen molar-refractivity contribution in [2.75, 3.05) is 32.7 Å². The summed E-state index contributed by atoms with van der Waals surface area (Å²) >= 11 is 0. The molecule has 0 bridgehead atoms. The van der Waals surface area contributed by atoms with Crippen LogP contribution in [0.3, 0.4) is 0 Å². The molecule has 0 aromatic carbocycles. The summed E-state index contributed by atoms with van der Waals surface area (Å²) in [6, 6.07) is 0. The largest absolute Gasteiger partial charge is 0.340 e. The van der Waals surface area contributed by atoms with Gasteiger partial charge in [0.15, 0.2) is 0 Å². The van der Waals surface area contributed by atoms with Gasteiger partial charge in [-0.3, -0.25) is 4.79 Å². The van der Waals surface area contributed by atoms with Crippen molar-refractivity contribution in [3.63, 3.8) is 0 Å². The van der Waals surface area contributed by atoms with Gasteiger partial charge in [0.05, 0.1) is 0 Å². The zero-order chi connectivity index (χ0) is 12.0. The lowest BCUT2D eigenvalue weighted by molar-refractivity contribution is -0.137. The molecule has 16 heavy (non-hydrogen) atoms. The van der Waals surface area contributed by atoms with Gasteiger partial charge in [-0.15, -0.1) is 0 Å². The zero-order valence-corrected chi connectivity index (χ0v) is 11.0. The maximum Gasteiger partial charge on any atom is 0.225 e. The molecule has 3 heteroatoms. The number of hydrogen-bond acceptors (Lipinski definition) is 2. The number of nitrogens with zero attached hydrogens (tertiary/aromatic N) is 2.